The van der Waals surface area contributed by atoms with Crippen LogP contribution in [0.3, 0.4) is 0 Å². The standard InChI is InChI=1S/C22H23ClN4O5S2/c1-3-21(27(33(2,29)30)19-8-4-6-16(23)14-19)22(28)25-17-9-11-20(12-10-17)34(31,32)26-18-7-5-13-24-15-18/h4-15,21,26H,3H2,1-2H3,(H,25,28)/t21-/m1/s1. The first-order valence-corrected chi connectivity index (χ1v) is 13.8. The van der Waals surface area contributed by atoms with Gasteiger partial charge in [-0.25, -0.2) is 16.8 Å². The van der Waals surface area contributed by atoms with Crippen LogP contribution in [0.15, 0.2) is 78.0 Å². The summed E-state index contributed by atoms with van der Waals surface area (Å²) in [4.78, 5) is 16.9. The minimum absolute atomic E-state index is 0.0157. The molecule has 180 valence electrons. The summed E-state index contributed by atoms with van der Waals surface area (Å²) in [7, 11) is -7.67. The number of hydrogen-bond donors (Lipinski definition) is 2. The number of hydrogen-bond acceptors (Lipinski definition) is 6. The van der Waals surface area contributed by atoms with Crippen molar-refractivity contribution in [3.63, 3.8) is 0 Å². The van der Waals surface area contributed by atoms with Gasteiger partial charge in [0.1, 0.15) is 6.04 Å². The molecule has 0 spiro atoms. The predicted molar refractivity (Wildman–Crippen MR) is 133 cm³/mol. The monoisotopic (exact) mass is 522 g/mol. The number of benzene rings is 2. The zero-order valence-electron chi connectivity index (χ0n) is 18.3. The maximum atomic E-state index is 13.0. The summed E-state index contributed by atoms with van der Waals surface area (Å²) in [5, 5.41) is 2.99. The Kier molecular flexibility index (Phi) is 7.80. The number of carbonyl (C=O) groups excluding carboxylic acids is 1. The van der Waals surface area contributed by atoms with E-state index >= 15 is 0 Å². The van der Waals surface area contributed by atoms with E-state index in [1.54, 1.807) is 37.3 Å². The van der Waals surface area contributed by atoms with Crippen LogP contribution in [0, 0.1) is 0 Å². The minimum Gasteiger partial charge on any atom is -0.324 e. The minimum atomic E-state index is -3.86. The quantitative estimate of drug-likeness (QED) is 0.441. The topological polar surface area (TPSA) is 126 Å². The average Bonchev–Trinajstić information content (AvgIpc) is 2.77. The predicted octanol–water partition coefficient (Wildman–Crippen LogP) is 3.72. The molecule has 1 aromatic heterocycles. The Hall–Kier alpha value is -3.15. The van der Waals surface area contributed by atoms with E-state index in [0.29, 0.717) is 16.4 Å². The van der Waals surface area contributed by atoms with E-state index in [1.165, 1.54) is 42.7 Å². The Balaban J connectivity index is 1.80. The molecule has 34 heavy (non-hydrogen) atoms. The number of amides is 1. The van der Waals surface area contributed by atoms with Crippen LogP contribution in [0.25, 0.3) is 0 Å². The van der Waals surface area contributed by atoms with Crippen molar-refractivity contribution < 1.29 is 21.6 Å². The number of pyridine rings is 1. The largest absolute Gasteiger partial charge is 0.324 e. The molecule has 9 nitrogen and oxygen atoms in total. The zero-order chi connectivity index (χ0) is 24.9. The van der Waals surface area contributed by atoms with Crippen molar-refractivity contribution in [2.75, 3.05) is 20.6 Å². The summed E-state index contributed by atoms with van der Waals surface area (Å²) in [6, 6.07) is 13.8. The summed E-state index contributed by atoms with van der Waals surface area (Å²) >= 11 is 6.02. The van der Waals surface area contributed by atoms with Gasteiger partial charge < -0.3 is 5.32 Å². The molecule has 12 heteroatoms. The van der Waals surface area contributed by atoms with E-state index in [-0.39, 0.29) is 17.0 Å². The lowest BCUT2D eigenvalue weighted by atomic mass is 10.2. The summed E-state index contributed by atoms with van der Waals surface area (Å²) in [5.74, 6) is -0.572. The second kappa shape index (κ2) is 10.4. The maximum Gasteiger partial charge on any atom is 0.261 e. The summed E-state index contributed by atoms with van der Waals surface area (Å²) < 4.78 is 53.6. The van der Waals surface area contributed by atoms with Crippen molar-refractivity contribution in [1.82, 2.24) is 4.98 Å². The molecule has 3 aromatic rings. The van der Waals surface area contributed by atoms with Gasteiger partial charge in [-0.15, -0.1) is 0 Å². The smallest absolute Gasteiger partial charge is 0.261 e. The van der Waals surface area contributed by atoms with E-state index in [4.69, 9.17) is 11.6 Å². The van der Waals surface area contributed by atoms with Crippen LogP contribution in [0.5, 0.6) is 0 Å². The highest BCUT2D eigenvalue weighted by atomic mass is 35.5. The molecule has 0 aliphatic carbocycles. The average molecular weight is 523 g/mol. The molecule has 0 aliphatic heterocycles. The van der Waals surface area contributed by atoms with E-state index in [2.05, 4.69) is 15.0 Å². The molecular formula is C22H23ClN4O5S2. The highest BCUT2D eigenvalue weighted by molar-refractivity contribution is 7.92. The zero-order valence-corrected chi connectivity index (χ0v) is 20.7. The SMILES string of the molecule is CC[C@H](C(=O)Nc1ccc(S(=O)(=O)Nc2cccnc2)cc1)N(c1cccc(Cl)c1)S(C)(=O)=O. The third-order valence-corrected chi connectivity index (χ3v) is 7.55. The fourth-order valence-electron chi connectivity index (χ4n) is 3.25. The first-order chi connectivity index (χ1) is 16.0. The second-order valence-corrected chi connectivity index (χ2v) is 11.3. The molecule has 0 aliphatic rings. The molecule has 0 fully saturated rings. The Morgan fingerprint density at radius 3 is 2.29 bits per heavy atom. The van der Waals surface area contributed by atoms with Gasteiger partial charge in [-0.05, 0) is 61.0 Å². The van der Waals surface area contributed by atoms with Crippen LogP contribution >= 0.6 is 11.6 Å². The molecule has 2 N–H and O–H groups in total. The van der Waals surface area contributed by atoms with E-state index in [0.717, 1.165) is 10.6 Å². The maximum absolute atomic E-state index is 13.0. The highest BCUT2D eigenvalue weighted by Gasteiger charge is 2.31. The van der Waals surface area contributed by atoms with Crippen LogP contribution in [0.4, 0.5) is 17.1 Å². The Labute approximate surface area is 203 Å². The van der Waals surface area contributed by atoms with Gasteiger partial charge in [0.2, 0.25) is 15.9 Å². The fraction of sp³-hybridized carbons (Fsp3) is 0.182. The Morgan fingerprint density at radius 2 is 1.74 bits per heavy atom. The molecule has 0 bridgehead atoms. The van der Waals surface area contributed by atoms with Gasteiger partial charge >= 0.3 is 0 Å². The molecule has 3 rings (SSSR count). The van der Waals surface area contributed by atoms with Crippen molar-refractivity contribution in [2.45, 2.75) is 24.3 Å². The number of nitrogens with one attached hydrogen (secondary N) is 2. The highest BCUT2D eigenvalue weighted by Crippen LogP contribution is 2.26. The third kappa shape index (κ3) is 6.25. The third-order valence-electron chi connectivity index (χ3n) is 4.74. The van der Waals surface area contributed by atoms with Gasteiger partial charge in [0, 0.05) is 16.9 Å². The van der Waals surface area contributed by atoms with Crippen molar-refractivity contribution >= 4 is 54.6 Å². The number of nitrogens with zero attached hydrogens (tertiary/aromatic N) is 2. The second-order valence-electron chi connectivity index (χ2n) is 7.32. The van der Waals surface area contributed by atoms with Crippen LogP contribution in [0.1, 0.15) is 13.3 Å². The van der Waals surface area contributed by atoms with E-state index in [1.807, 2.05) is 0 Å². The molecule has 1 heterocycles. The van der Waals surface area contributed by atoms with Crippen LogP contribution in [0.2, 0.25) is 5.02 Å². The van der Waals surface area contributed by atoms with Crippen LogP contribution in [-0.4, -0.2) is 40.0 Å². The number of aromatic nitrogens is 1. The number of rotatable bonds is 9. The summed E-state index contributed by atoms with van der Waals surface area (Å²) in [6.07, 6.45) is 4.10. The fourth-order valence-corrected chi connectivity index (χ4v) is 5.69. The number of carbonyl (C=O) groups is 1. The molecule has 0 saturated heterocycles. The van der Waals surface area contributed by atoms with E-state index < -0.39 is 32.0 Å². The van der Waals surface area contributed by atoms with Crippen molar-refractivity contribution in [1.29, 1.82) is 0 Å². The number of anilines is 3. The molecule has 1 atom stereocenters. The first kappa shape index (κ1) is 25.5. The molecule has 0 saturated carbocycles. The van der Waals surface area contributed by atoms with Crippen molar-refractivity contribution in [2.24, 2.45) is 0 Å². The molecule has 1 amide bonds. The lowest BCUT2D eigenvalue weighted by Gasteiger charge is -2.30. The van der Waals surface area contributed by atoms with Gasteiger partial charge in [0.15, 0.2) is 0 Å². The van der Waals surface area contributed by atoms with Gasteiger partial charge in [0.05, 0.1) is 28.7 Å². The van der Waals surface area contributed by atoms with Gasteiger partial charge in [-0.1, -0.05) is 24.6 Å². The van der Waals surface area contributed by atoms with Crippen LogP contribution < -0.4 is 14.3 Å². The summed E-state index contributed by atoms with van der Waals surface area (Å²) in [6.45, 7) is 1.69. The van der Waals surface area contributed by atoms with Gasteiger partial charge in [-0.2, -0.15) is 0 Å². The lowest BCUT2D eigenvalue weighted by Crippen LogP contribution is -2.47. The Bertz CT molecular complexity index is 1370. The normalized spacial score (nSPS) is 12.6. The molecule has 0 unspecified atom stereocenters. The van der Waals surface area contributed by atoms with E-state index in [9.17, 15) is 21.6 Å². The Morgan fingerprint density at radius 1 is 1.03 bits per heavy atom. The van der Waals surface area contributed by atoms with Crippen molar-refractivity contribution in [3.05, 3.63) is 78.1 Å². The molecule has 0 radical (unpaired) electrons. The number of sulfonamides is 2. The molecular weight excluding hydrogens is 500 g/mol. The van der Waals surface area contributed by atoms with Crippen LogP contribution in [-0.2, 0) is 24.8 Å². The lowest BCUT2D eigenvalue weighted by molar-refractivity contribution is -0.117. The molecule has 2 aromatic carbocycles. The first-order valence-electron chi connectivity index (χ1n) is 10.1. The van der Waals surface area contributed by atoms with Gasteiger partial charge in [-0.3, -0.25) is 18.8 Å². The number of halogens is 1. The summed E-state index contributed by atoms with van der Waals surface area (Å²) in [5.41, 5.74) is 0.885. The van der Waals surface area contributed by atoms with Crippen molar-refractivity contribution in [3.8, 4) is 0 Å². The van der Waals surface area contributed by atoms with Gasteiger partial charge in [0.25, 0.3) is 10.0 Å².